The Bertz CT molecular complexity index is 1130. The average Bonchev–Trinajstić information content (AvgIpc) is 2.74. The number of nitrogens with one attached hydrogen (secondary N) is 2. The Morgan fingerprint density at radius 1 is 1.15 bits per heavy atom. The molecule has 8 nitrogen and oxygen atoms in total. The molecule has 1 amide bonds. The van der Waals surface area contributed by atoms with Crippen LogP contribution in [-0.4, -0.2) is 48.8 Å². The van der Waals surface area contributed by atoms with E-state index in [-0.39, 0.29) is 24.5 Å². The summed E-state index contributed by atoms with van der Waals surface area (Å²) < 4.78 is 46.3. The summed E-state index contributed by atoms with van der Waals surface area (Å²) in [4.78, 5) is 16.8. The third-order valence-corrected chi connectivity index (χ3v) is 7.09. The molecule has 1 saturated heterocycles. The fourth-order valence-corrected chi connectivity index (χ4v) is 5.02. The molecule has 2 aromatic rings. The molecule has 0 saturated carbocycles. The lowest BCUT2D eigenvalue weighted by Gasteiger charge is -2.41. The van der Waals surface area contributed by atoms with Crippen molar-refractivity contribution in [3.63, 3.8) is 0 Å². The second-order valence-corrected chi connectivity index (χ2v) is 11.2. The zero-order valence-electron chi connectivity index (χ0n) is 19.6. The molecule has 34 heavy (non-hydrogen) atoms. The van der Waals surface area contributed by atoms with Crippen molar-refractivity contribution in [2.24, 2.45) is 0 Å². The van der Waals surface area contributed by atoms with Crippen molar-refractivity contribution < 1.29 is 22.3 Å². The fourth-order valence-electron chi connectivity index (χ4n) is 3.70. The van der Waals surface area contributed by atoms with Crippen molar-refractivity contribution in [3.8, 4) is 0 Å². The molecule has 0 aromatic heterocycles. The van der Waals surface area contributed by atoms with Crippen LogP contribution in [0.3, 0.4) is 0 Å². The van der Waals surface area contributed by atoms with Crippen LogP contribution in [0.5, 0.6) is 0 Å². The first-order chi connectivity index (χ1) is 15.9. The molecule has 2 N–H and O–H groups in total. The van der Waals surface area contributed by atoms with E-state index in [0.29, 0.717) is 11.1 Å². The molecule has 1 heterocycles. The third kappa shape index (κ3) is 6.45. The van der Waals surface area contributed by atoms with Crippen LogP contribution in [0.2, 0.25) is 0 Å². The highest BCUT2D eigenvalue weighted by Crippen LogP contribution is 2.33. The summed E-state index contributed by atoms with van der Waals surface area (Å²) in [6, 6.07) is 13.3. The molecule has 2 unspecified atom stereocenters. The molecule has 1 aliphatic heterocycles. The van der Waals surface area contributed by atoms with E-state index in [0.717, 1.165) is 9.98 Å². The van der Waals surface area contributed by atoms with Crippen LogP contribution in [0.1, 0.15) is 43.5 Å². The predicted molar refractivity (Wildman–Crippen MR) is 128 cm³/mol. The standard InChI is InChI=1S/C23H30ClFN4O4S/c1-16-9-5-8-12-20(16)34(31,32)27-26-13-17-10-6-7-11-18(17)19-14-29(24)21(25)15-28(19)22(30)33-23(2,3)4/h5-12,19,21,26-27H,13-15H2,1-4H3. The van der Waals surface area contributed by atoms with Crippen molar-refractivity contribution >= 4 is 27.9 Å². The number of carbonyl (C=O) groups excluding carboxylic acids is 1. The number of hydrazine groups is 1. The number of hydrogen-bond acceptors (Lipinski definition) is 6. The Balaban J connectivity index is 1.81. The number of hydrogen-bond donors (Lipinski definition) is 2. The Kier molecular flexibility index (Phi) is 8.20. The van der Waals surface area contributed by atoms with Crippen molar-refractivity contribution in [3.05, 3.63) is 65.2 Å². The van der Waals surface area contributed by atoms with Gasteiger partial charge in [-0.1, -0.05) is 42.5 Å². The summed E-state index contributed by atoms with van der Waals surface area (Å²) in [7, 11) is -3.78. The number of piperazine rings is 1. The van der Waals surface area contributed by atoms with Crippen LogP contribution in [0, 0.1) is 6.92 Å². The van der Waals surface area contributed by atoms with Gasteiger partial charge in [0, 0.05) is 13.1 Å². The quantitative estimate of drug-likeness (QED) is 0.345. The number of amides is 1. The smallest absolute Gasteiger partial charge is 0.410 e. The summed E-state index contributed by atoms with van der Waals surface area (Å²) in [5, 5.41) is 0. The van der Waals surface area contributed by atoms with E-state index in [9.17, 15) is 17.6 Å². The molecular formula is C23H30ClFN4O4S. The Morgan fingerprint density at radius 2 is 1.79 bits per heavy atom. The maximum absolute atomic E-state index is 14.4. The lowest BCUT2D eigenvalue weighted by molar-refractivity contribution is -0.0216. The van der Waals surface area contributed by atoms with Crippen LogP contribution >= 0.6 is 11.8 Å². The third-order valence-electron chi connectivity index (χ3n) is 5.29. The van der Waals surface area contributed by atoms with Gasteiger partial charge >= 0.3 is 6.09 Å². The number of halogens is 2. The van der Waals surface area contributed by atoms with Gasteiger partial charge in [0.2, 0.25) is 0 Å². The number of sulfonamides is 1. The van der Waals surface area contributed by atoms with Gasteiger partial charge < -0.3 is 4.74 Å². The summed E-state index contributed by atoms with van der Waals surface area (Å²) in [5.74, 6) is 0. The monoisotopic (exact) mass is 512 g/mol. The molecule has 0 spiro atoms. The van der Waals surface area contributed by atoms with Crippen molar-refractivity contribution in [1.29, 1.82) is 0 Å². The van der Waals surface area contributed by atoms with Crippen LogP contribution in [-0.2, 0) is 21.3 Å². The number of aryl methyl sites for hydroxylation is 1. The van der Waals surface area contributed by atoms with E-state index in [2.05, 4.69) is 10.3 Å². The summed E-state index contributed by atoms with van der Waals surface area (Å²) >= 11 is 6.09. The molecule has 1 aliphatic rings. The molecule has 11 heteroatoms. The van der Waals surface area contributed by atoms with Crippen LogP contribution < -0.4 is 10.3 Å². The summed E-state index contributed by atoms with van der Waals surface area (Å²) in [6.07, 6.45) is -2.19. The van der Waals surface area contributed by atoms with Gasteiger partial charge in [0.1, 0.15) is 5.60 Å². The molecule has 3 rings (SSSR count). The van der Waals surface area contributed by atoms with Crippen molar-refractivity contribution in [2.45, 2.75) is 57.1 Å². The van der Waals surface area contributed by atoms with E-state index in [4.69, 9.17) is 16.5 Å². The van der Waals surface area contributed by atoms with Gasteiger partial charge in [-0.15, -0.1) is 4.83 Å². The van der Waals surface area contributed by atoms with Gasteiger partial charge in [-0.25, -0.2) is 23.0 Å². The molecule has 0 aliphatic carbocycles. The van der Waals surface area contributed by atoms with E-state index in [1.165, 1.54) is 11.0 Å². The van der Waals surface area contributed by atoms with Gasteiger partial charge in [-0.3, -0.25) is 4.90 Å². The predicted octanol–water partition coefficient (Wildman–Crippen LogP) is 4.02. The summed E-state index contributed by atoms with van der Waals surface area (Å²) in [5.41, 5.74) is 4.05. The SMILES string of the molecule is Cc1ccccc1S(=O)(=O)NNCc1ccccc1C1CN(Cl)C(F)CN1C(=O)OC(C)(C)C. The first kappa shape index (κ1) is 26.4. The Labute approximate surface area is 205 Å². The minimum atomic E-state index is -3.78. The first-order valence-corrected chi connectivity index (χ1v) is 12.7. The van der Waals surface area contributed by atoms with E-state index in [1.807, 2.05) is 0 Å². The maximum Gasteiger partial charge on any atom is 0.410 e. The van der Waals surface area contributed by atoms with Gasteiger partial charge in [-0.05, 0) is 62.2 Å². The number of benzene rings is 2. The second kappa shape index (κ2) is 10.6. The minimum absolute atomic E-state index is 0.0356. The largest absolute Gasteiger partial charge is 0.444 e. The molecular weight excluding hydrogens is 483 g/mol. The zero-order chi connectivity index (χ0) is 25.1. The lowest BCUT2D eigenvalue weighted by atomic mass is 9.97. The topological polar surface area (TPSA) is 91.0 Å². The number of alkyl halides is 1. The molecule has 2 atom stereocenters. The highest BCUT2D eigenvalue weighted by molar-refractivity contribution is 7.89. The average molecular weight is 513 g/mol. The van der Waals surface area contributed by atoms with Gasteiger partial charge in [0.05, 0.1) is 17.5 Å². The number of rotatable bonds is 6. The van der Waals surface area contributed by atoms with Gasteiger partial charge in [-0.2, -0.15) is 4.42 Å². The number of carbonyl (C=O) groups is 1. The number of ether oxygens (including phenoxy) is 1. The fraction of sp³-hybridized carbons (Fsp3) is 0.435. The van der Waals surface area contributed by atoms with Crippen LogP contribution in [0.15, 0.2) is 53.4 Å². The van der Waals surface area contributed by atoms with E-state index >= 15 is 0 Å². The molecule has 0 bridgehead atoms. The normalized spacial score (nSPS) is 19.8. The molecule has 0 radical (unpaired) electrons. The first-order valence-electron chi connectivity index (χ1n) is 10.8. The van der Waals surface area contributed by atoms with Crippen molar-refractivity contribution in [1.82, 2.24) is 19.6 Å². The van der Waals surface area contributed by atoms with E-state index < -0.39 is 34.1 Å². The Morgan fingerprint density at radius 3 is 2.47 bits per heavy atom. The van der Waals surface area contributed by atoms with E-state index in [1.54, 1.807) is 70.2 Å². The molecule has 186 valence electrons. The van der Waals surface area contributed by atoms with Crippen LogP contribution in [0.4, 0.5) is 9.18 Å². The van der Waals surface area contributed by atoms with Crippen LogP contribution in [0.25, 0.3) is 0 Å². The minimum Gasteiger partial charge on any atom is -0.444 e. The highest BCUT2D eigenvalue weighted by atomic mass is 35.5. The Hall–Kier alpha value is -2.24. The maximum atomic E-state index is 14.4. The van der Waals surface area contributed by atoms with Gasteiger partial charge in [0.15, 0.2) is 6.30 Å². The molecule has 1 fully saturated rings. The number of nitrogens with zero attached hydrogens (tertiary/aromatic N) is 2. The zero-order valence-corrected chi connectivity index (χ0v) is 21.2. The lowest BCUT2D eigenvalue weighted by Crippen LogP contribution is -2.53. The summed E-state index contributed by atoms with van der Waals surface area (Å²) in [6.45, 7) is 6.84. The van der Waals surface area contributed by atoms with Crippen molar-refractivity contribution in [2.75, 3.05) is 13.1 Å². The van der Waals surface area contributed by atoms with Gasteiger partial charge in [0.25, 0.3) is 10.0 Å². The second-order valence-electron chi connectivity index (χ2n) is 9.09. The highest BCUT2D eigenvalue weighted by Gasteiger charge is 2.39. The molecule has 2 aromatic carbocycles.